The van der Waals surface area contributed by atoms with Crippen LogP contribution in [0.15, 0.2) is 24.3 Å². The van der Waals surface area contributed by atoms with Gasteiger partial charge in [-0.1, -0.05) is 38.2 Å². The van der Waals surface area contributed by atoms with Gasteiger partial charge in [0, 0.05) is 0 Å². The van der Waals surface area contributed by atoms with Crippen LogP contribution in [0.3, 0.4) is 0 Å². The van der Waals surface area contributed by atoms with E-state index in [0.717, 1.165) is 17.8 Å². The number of aldehydes is 1. The molecule has 0 aliphatic heterocycles. The largest absolute Gasteiger partial charge is 0.302 e. The first-order chi connectivity index (χ1) is 6.56. The number of allylic oxidation sites excluding steroid dienone is 3. The van der Waals surface area contributed by atoms with E-state index in [-0.39, 0.29) is 11.3 Å². The first-order valence-electron chi connectivity index (χ1n) is 5.39. The average molecular weight is 190 g/mol. The molecule has 1 heteroatoms. The lowest BCUT2D eigenvalue weighted by Crippen LogP contribution is -2.32. The molecule has 14 heavy (non-hydrogen) atoms. The maximum absolute atomic E-state index is 10.9. The summed E-state index contributed by atoms with van der Waals surface area (Å²) in [7, 11) is 0. The highest BCUT2D eigenvalue weighted by atomic mass is 16.1. The first kappa shape index (κ1) is 9.70. The molecule has 0 aromatic heterocycles. The molecule has 2 rings (SSSR count). The second-order valence-electron chi connectivity index (χ2n) is 5.23. The molecule has 0 saturated heterocycles. The number of carbonyl (C=O) groups excluding carboxylic acids is 1. The van der Waals surface area contributed by atoms with Gasteiger partial charge in [0.15, 0.2) is 0 Å². The monoisotopic (exact) mass is 190 g/mol. The zero-order valence-electron chi connectivity index (χ0n) is 8.99. The molecule has 0 bridgehead atoms. The second kappa shape index (κ2) is 3.08. The highest BCUT2D eigenvalue weighted by Gasteiger charge is 2.44. The van der Waals surface area contributed by atoms with E-state index < -0.39 is 0 Å². The molecular formula is C13H18O. The van der Waals surface area contributed by atoms with E-state index in [4.69, 9.17) is 0 Å². The Kier molecular flexibility index (Phi) is 2.13. The predicted molar refractivity (Wildman–Crippen MR) is 57.8 cm³/mol. The van der Waals surface area contributed by atoms with Gasteiger partial charge in [0.2, 0.25) is 0 Å². The smallest absolute Gasteiger partial charge is 0.130 e. The van der Waals surface area contributed by atoms with Gasteiger partial charge in [-0.2, -0.15) is 0 Å². The van der Waals surface area contributed by atoms with Crippen LogP contribution in [-0.4, -0.2) is 6.29 Å². The Hall–Kier alpha value is -0.850. The summed E-state index contributed by atoms with van der Waals surface area (Å²) in [6.45, 7) is 8.62. The summed E-state index contributed by atoms with van der Waals surface area (Å²) in [5, 5.41) is 0. The number of carbonyl (C=O) groups is 1. The summed E-state index contributed by atoms with van der Waals surface area (Å²) in [6.07, 6.45) is 7.85. The summed E-state index contributed by atoms with van der Waals surface area (Å²) in [5.74, 6) is 1.27. The predicted octanol–water partition coefficient (Wildman–Crippen LogP) is 2.98. The fraction of sp³-hybridized carbons (Fsp3) is 0.615. The molecule has 2 atom stereocenters. The van der Waals surface area contributed by atoms with Gasteiger partial charge in [-0.25, -0.2) is 0 Å². The van der Waals surface area contributed by atoms with Crippen molar-refractivity contribution in [3.05, 3.63) is 24.3 Å². The van der Waals surface area contributed by atoms with Gasteiger partial charge in [-0.05, 0) is 30.1 Å². The summed E-state index contributed by atoms with van der Waals surface area (Å²) < 4.78 is 0. The van der Waals surface area contributed by atoms with Crippen molar-refractivity contribution in [2.24, 2.45) is 23.2 Å². The van der Waals surface area contributed by atoms with Gasteiger partial charge in [-0.15, -0.1) is 0 Å². The van der Waals surface area contributed by atoms with Gasteiger partial charge in [0.05, 0.1) is 5.92 Å². The van der Waals surface area contributed by atoms with Gasteiger partial charge in [0.25, 0.3) is 0 Å². The van der Waals surface area contributed by atoms with Gasteiger partial charge < -0.3 is 4.79 Å². The van der Waals surface area contributed by atoms with E-state index in [1.165, 1.54) is 12.8 Å². The van der Waals surface area contributed by atoms with E-state index in [2.05, 4.69) is 26.5 Å². The number of rotatable bonds is 2. The van der Waals surface area contributed by atoms with Crippen molar-refractivity contribution < 1.29 is 4.79 Å². The fourth-order valence-electron chi connectivity index (χ4n) is 2.74. The highest BCUT2D eigenvalue weighted by Crippen LogP contribution is 2.52. The molecule has 0 amide bonds. The van der Waals surface area contributed by atoms with Crippen LogP contribution in [0.1, 0.15) is 26.7 Å². The standard InChI is InChI=1S/C13H18O/c1-9-11(8-14)6-7-13(2,3)12(9)10-4-5-10/h6-8,10-12H,1,4-5H2,2-3H3. The van der Waals surface area contributed by atoms with Crippen molar-refractivity contribution in [2.75, 3.05) is 0 Å². The van der Waals surface area contributed by atoms with E-state index >= 15 is 0 Å². The Balaban J connectivity index is 2.31. The van der Waals surface area contributed by atoms with Crippen LogP contribution in [0.4, 0.5) is 0 Å². The average Bonchev–Trinajstić information content (AvgIpc) is 2.87. The minimum Gasteiger partial charge on any atom is -0.302 e. The van der Waals surface area contributed by atoms with Crippen LogP contribution in [0, 0.1) is 23.2 Å². The van der Waals surface area contributed by atoms with Gasteiger partial charge in [0.1, 0.15) is 6.29 Å². The zero-order valence-corrected chi connectivity index (χ0v) is 8.99. The molecule has 0 spiro atoms. The molecule has 76 valence electrons. The maximum Gasteiger partial charge on any atom is 0.130 e. The second-order valence-corrected chi connectivity index (χ2v) is 5.23. The number of hydrogen-bond donors (Lipinski definition) is 0. The van der Waals surface area contributed by atoms with E-state index in [9.17, 15) is 4.79 Å². The van der Waals surface area contributed by atoms with Crippen molar-refractivity contribution in [1.82, 2.24) is 0 Å². The molecule has 0 heterocycles. The van der Waals surface area contributed by atoms with Crippen LogP contribution >= 0.6 is 0 Å². The molecule has 1 nitrogen and oxygen atoms in total. The SMILES string of the molecule is C=C1C(C=O)C=CC(C)(C)C1C1CC1. The molecule has 0 radical (unpaired) electrons. The van der Waals surface area contributed by atoms with Crippen molar-refractivity contribution in [2.45, 2.75) is 26.7 Å². The third-order valence-electron chi connectivity index (χ3n) is 3.60. The van der Waals surface area contributed by atoms with Crippen LogP contribution in [0.5, 0.6) is 0 Å². The van der Waals surface area contributed by atoms with E-state index in [0.29, 0.717) is 5.92 Å². The quantitative estimate of drug-likeness (QED) is 0.483. The van der Waals surface area contributed by atoms with Crippen molar-refractivity contribution in [1.29, 1.82) is 0 Å². The molecule has 2 aliphatic rings. The Labute approximate surface area is 85.9 Å². The van der Waals surface area contributed by atoms with Crippen molar-refractivity contribution in [3.63, 3.8) is 0 Å². The molecule has 1 saturated carbocycles. The summed E-state index contributed by atoms with van der Waals surface area (Å²) in [4.78, 5) is 10.9. The fourth-order valence-corrected chi connectivity index (χ4v) is 2.74. The van der Waals surface area contributed by atoms with Crippen LogP contribution in [-0.2, 0) is 4.79 Å². The molecule has 0 aromatic carbocycles. The minimum atomic E-state index is -0.0337. The molecule has 2 aliphatic carbocycles. The van der Waals surface area contributed by atoms with E-state index in [1.807, 2.05) is 6.08 Å². The molecule has 2 unspecified atom stereocenters. The van der Waals surface area contributed by atoms with Crippen molar-refractivity contribution in [3.8, 4) is 0 Å². The van der Waals surface area contributed by atoms with Gasteiger partial charge >= 0.3 is 0 Å². The summed E-state index contributed by atoms with van der Waals surface area (Å²) in [5.41, 5.74) is 1.33. The maximum atomic E-state index is 10.9. The number of hydrogen-bond acceptors (Lipinski definition) is 1. The van der Waals surface area contributed by atoms with Crippen molar-refractivity contribution >= 4 is 6.29 Å². The lowest BCUT2D eigenvalue weighted by atomic mass is 9.65. The third kappa shape index (κ3) is 1.45. The molecule has 0 N–H and O–H groups in total. The Morgan fingerprint density at radius 3 is 2.64 bits per heavy atom. The molecular weight excluding hydrogens is 172 g/mol. The topological polar surface area (TPSA) is 17.1 Å². The lowest BCUT2D eigenvalue weighted by Gasteiger charge is -2.38. The highest BCUT2D eigenvalue weighted by molar-refractivity contribution is 5.63. The summed E-state index contributed by atoms with van der Waals surface area (Å²) >= 11 is 0. The van der Waals surface area contributed by atoms with E-state index in [1.54, 1.807) is 0 Å². The normalized spacial score (nSPS) is 35.7. The van der Waals surface area contributed by atoms with Gasteiger partial charge in [-0.3, -0.25) is 0 Å². The first-order valence-corrected chi connectivity index (χ1v) is 5.39. The molecule has 1 fully saturated rings. The Bertz CT molecular complexity index is 294. The Morgan fingerprint density at radius 2 is 2.14 bits per heavy atom. The van der Waals surface area contributed by atoms with Crippen LogP contribution < -0.4 is 0 Å². The molecule has 0 aromatic rings. The summed E-state index contributed by atoms with van der Waals surface area (Å²) in [6, 6.07) is 0. The Morgan fingerprint density at radius 1 is 1.50 bits per heavy atom. The third-order valence-corrected chi connectivity index (χ3v) is 3.60. The van der Waals surface area contributed by atoms with Crippen LogP contribution in [0.2, 0.25) is 0 Å². The minimum absolute atomic E-state index is 0.0337. The lowest BCUT2D eigenvalue weighted by molar-refractivity contribution is -0.109. The van der Waals surface area contributed by atoms with Crippen LogP contribution in [0.25, 0.3) is 0 Å². The zero-order chi connectivity index (χ0) is 10.3.